The molecular formula is C24H23I2N3O3. The van der Waals surface area contributed by atoms with E-state index in [2.05, 4.69) is 5.16 Å². The van der Waals surface area contributed by atoms with Crippen LogP contribution in [0.2, 0.25) is 0 Å². The fourth-order valence-corrected chi connectivity index (χ4v) is 2.84. The van der Waals surface area contributed by atoms with Gasteiger partial charge in [0, 0.05) is 18.2 Å². The molecule has 0 unspecified atom stereocenters. The molecule has 0 saturated carbocycles. The number of pyridine rings is 2. The zero-order valence-electron chi connectivity index (χ0n) is 17.6. The third-order valence-corrected chi connectivity index (χ3v) is 4.39. The van der Waals surface area contributed by atoms with Gasteiger partial charge in [-0.25, -0.2) is 13.9 Å². The van der Waals surface area contributed by atoms with Gasteiger partial charge in [-0.2, -0.15) is 0 Å². The van der Waals surface area contributed by atoms with E-state index in [1.54, 1.807) is 12.3 Å². The summed E-state index contributed by atoms with van der Waals surface area (Å²) in [6, 6.07) is 22.8. The zero-order valence-corrected chi connectivity index (χ0v) is 21.9. The molecule has 0 amide bonds. The van der Waals surface area contributed by atoms with Crippen LogP contribution in [-0.4, -0.2) is 17.4 Å². The summed E-state index contributed by atoms with van der Waals surface area (Å²) >= 11 is 0. The second kappa shape index (κ2) is 13.7. The Morgan fingerprint density at radius 3 is 2.31 bits per heavy atom. The van der Waals surface area contributed by atoms with E-state index in [1.807, 2.05) is 102 Å². The summed E-state index contributed by atoms with van der Waals surface area (Å²) in [6.45, 7) is 0. The molecule has 4 aromatic rings. The number of ether oxygens (including phenoxy) is 1. The van der Waals surface area contributed by atoms with Crippen LogP contribution >= 0.6 is 0 Å². The van der Waals surface area contributed by atoms with Crippen LogP contribution in [0.4, 0.5) is 0 Å². The molecule has 1 N–H and O–H groups in total. The number of hydrogen-bond donors (Lipinski definition) is 1. The van der Waals surface area contributed by atoms with Crippen LogP contribution in [0.1, 0.15) is 16.1 Å². The summed E-state index contributed by atoms with van der Waals surface area (Å²) in [6.07, 6.45) is 6.88. The lowest BCUT2D eigenvalue weighted by atomic mass is 10.1. The van der Waals surface area contributed by atoms with Crippen LogP contribution in [0.25, 0.3) is 10.8 Å². The van der Waals surface area contributed by atoms with Crippen LogP contribution in [0.15, 0.2) is 96.5 Å². The first kappa shape index (κ1) is 27.4. The lowest BCUT2D eigenvalue weighted by molar-refractivity contribution is -0.672. The number of aryl methyl sites for hydroxylation is 2. The molecule has 0 spiro atoms. The van der Waals surface area contributed by atoms with E-state index in [0.717, 1.165) is 16.5 Å². The quantitative estimate of drug-likeness (QED) is 0.0495. The molecule has 0 bridgehead atoms. The minimum absolute atomic E-state index is 0. The van der Waals surface area contributed by atoms with Gasteiger partial charge in [0.2, 0.25) is 5.69 Å². The molecule has 0 radical (unpaired) electrons. The van der Waals surface area contributed by atoms with E-state index in [9.17, 15) is 4.79 Å². The van der Waals surface area contributed by atoms with E-state index in [4.69, 9.17) is 9.94 Å². The Kier molecular flexibility index (Phi) is 11.8. The topological polar surface area (TPSA) is 66.7 Å². The molecule has 32 heavy (non-hydrogen) atoms. The second-order valence-corrected chi connectivity index (χ2v) is 6.64. The predicted molar refractivity (Wildman–Crippen MR) is 114 cm³/mol. The summed E-state index contributed by atoms with van der Waals surface area (Å²) in [7, 11) is 3.75. The number of aromatic nitrogens is 2. The van der Waals surface area contributed by atoms with Crippen LogP contribution in [0, 0.1) is 0 Å². The van der Waals surface area contributed by atoms with Crippen molar-refractivity contribution in [2.75, 3.05) is 0 Å². The molecule has 166 valence electrons. The number of hydrogen-bond acceptors (Lipinski definition) is 4. The summed E-state index contributed by atoms with van der Waals surface area (Å²) in [4.78, 5) is 12.1. The minimum atomic E-state index is -0.350. The Labute approximate surface area is 221 Å². The number of carbonyl (C=O) groups is 1. The van der Waals surface area contributed by atoms with Crippen molar-refractivity contribution < 1.29 is 71.8 Å². The summed E-state index contributed by atoms with van der Waals surface area (Å²) < 4.78 is 9.09. The van der Waals surface area contributed by atoms with Gasteiger partial charge in [0.05, 0.1) is 0 Å². The van der Waals surface area contributed by atoms with Gasteiger partial charge in [0.25, 0.3) is 0 Å². The molecule has 2 aromatic carbocycles. The van der Waals surface area contributed by atoms with Crippen molar-refractivity contribution in [3.05, 3.63) is 103 Å². The van der Waals surface area contributed by atoms with Gasteiger partial charge in [-0.05, 0) is 35.0 Å². The maximum atomic E-state index is 12.1. The Hall–Kier alpha value is -2.60. The molecule has 4 rings (SSSR count). The van der Waals surface area contributed by atoms with Crippen molar-refractivity contribution in [1.82, 2.24) is 0 Å². The number of carbonyl (C=O) groups excluding carboxylic acids is 1. The molecule has 0 saturated heterocycles. The minimum Gasteiger partial charge on any atom is -1.00 e. The van der Waals surface area contributed by atoms with Gasteiger partial charge >= 0.3 is 5.97 Å². The van der Waals surface area contributed by atoms with Crippen LogP contribution in [-0.2, 0) is 14.1 Å². The predicted octanol–water partition coefficient (Wildman–Crippen LogP) is -2.79. The fraction of sp³-hybridized carbons (Fsp3) is 0.0833. The number of halogens is 2. The number of nitrogens with zero attached hydrogens (tertiary/aromatic N) is 3. The molecule has 6 nitrogen and oxygen atoms in total. The highest BCUT2D eigenvalue weighted by Crippen LogP contribution is 2.21. The fourth-order valence-electron chi connectivity index (χ4n) is 2.84. The highest BCUT2D eigenvalue weighted by atomic mass is 127. The maximum Gasteiger partial charge on any atom is 0.349 e. The molecule has 0 atom stereocenters. The molecule has 0 aliphatic carbocycles. The normalized spacial score (nSPS) is 9.81. The Morgan fingerprint density at radius 1 is 0.906 bits per heavy atom. The molecule has 0 aliphatic heterocycles. The van der Waals surface area contributed by atoms with E-state index < -0.39 is 0 Å². The van der Waals surface area contributed by atoms with Gasteiger partial charge in [-0.1, -0.05) is 35.5 Å². The summed E-state index contributed by atoms with van der Waals surface area (Å²) in [5.74, 6) is 0.205. The van der Waals surface area contributed by atoms with E-state index in [-0.39, 0.29) is 53.9 Å². The zero-order chi connectivity index (χ0) is 21.3. The average Bonchev–Trinajstić information content (AvgIpc) is 2.76. The molecular weight excluding hydrogens is 632 g/mol. The Balaban J connectivity index is 0.000000366. The number of benzene rings is 2. The third-order valence-electron chi connectivity index (χ3n) is 4.39. The molecule has 8 heteroatoms. The molecule has 2 aromatic heterocycles. The lowest BCUT2D eigenvalue weighted by Crippen LogP contribution is -3.00. The smallest absolute Gasteiger partial charge is 0.349 e. The number of rotatable bonds is 3. The summed E-state index contributed by atoms with van der Waals surface area (Å²) in [5, 5.41) is 13.3. The van der Waals surface area contributed by atoms with Gasteiger partial charge in [0.1, 0.15) is 31.6 Å². The van der Waals surface area contributed by atoms with Crippen molar-refractivity contribution in [3.63, 3.8) is 0 Å². The number of fused-ring (bicyclic) bond motifs is 1. The average molecular weight is 655 g/mol. The lowest BCUT2D eigenvalue weighted by Gasteiger charge is -2.05. The monoisotopic (exact) mass is 655 g/mol. The Morgan fingerprint density at radius 2 is 1.62 bits per heavy atom. The summed E-state index contributed by atoms with van der Waals surface area (Å²) in [5.41, 5.74) is 1.40. The SMILES string of the molecule is C[n+]1cccc(C(=O)Oc2ccc3ccccc3c2)c1.C[n+]1ccccc1C=NO.[I-].[I-]. The highest BCUT2D eigenvalue weighted by molar-refractivity contribution is 5.91. The maximum absolute atomic E-state index is 12.1. The molecule has 2 heterocycles. The molecule has 0 aliphatic rings. The van der Waals surface area contributed by atoms with Crippen molar-refractivity contribution in [1.29, 1.82) is 0 Å². The third kappa shape index (κ3) is 7.83. The highest BCUT2D eigenvalue weighted by Gasteiger charge is 2.12. The second-order valence-electron chi connectivity index (χ2n) is 6.64. The van der Waals surface area contributed by atoms with Crippen LogP contribution < -0.4 is 61.8 Å². The number of oxime groups is 1. The van der Waals surface area contributed by atoms with Crippen molar-refractivity contribution >= 4 is 23.0 Å². The van der Waals surface area contributed by atoms with E-state index in [1.165, 1.54) is 6.21 Å². The first-order valence-corrected chi connectivity index (χ1v) is 9.35. The molecule has 0 fully saturated rings. The van der Waals surface area contributed by atoms with Crippen molar-refractivity contribution in [3.8, 4) is 5.75 Å². The van der Waals surface area contributed by atoms with Gasteiger partial charge < -0.3 is 57.9 Å². The first-order chi connectivity index (χ1) is 14.6. The largest absolute Gasteiger partial charge is 1.00 e. The van der Waals surface area contributed by atoms with Gasteiger partial charge in [-0.15, -0.1) is 0 Å². The number of esters is 1. The van der Waals surface area contributed by atoms with E-state index in [0.29, 0.717) is 11.3 Å². The van der Waals surface area contributed by atoms with Crippen molar-refractivity contribution in [2.24, 2.45) is 19.3 Å². The standard InChI is InChI=1S/C17H14NO2.C7H8N2O.2HI/c1-18-10-4-7-15(12-18)17(19)20-16-9-8-13-5-2-3-6-14(13)11-16;1-9-5-3-2-4-7(9)6-8-10;;/h2-12H,1H3;2-6H,1H3;2*1H/q+1;;;/p-1. The van der Waals surface area contributed by atoms with Crippen LogP contribution in [0.3, 0.4) is 0 Å². The van der Waals surface area contributed by atoms with Crippen molar-refractivity contribution in [2.45, 2.75) is 0 Å². The van der Waals surface area contributed by atoms with Gasteiger partial charge in [-0.3, -0.25) is 0 Å². The Bertz CT molecular complexity index is 1200. The first-order valence-electron chi connectivity index (χ1n) is 9.35. The van der Waals surface area contributed by atoms with Gasteiger partial charge in [0.15, 0.2) is 18.6 Å². The van der Waals surface area contributed by atoms with Crippen LogP contribution in [0.5, 0.6) is 5.75 Å². The van der Waals surface area contributed by atoms with E-state index >= 15 is 0 Å².